The van der Waals surface area contributed by atoms with E-state index in [1.54, 1.807) is 13.3 Å². The van der Waals surface area contributed by atoms with Crippen molar-refractivity contribution in [1.82, 2.24) is 5.43 Å². The molecule has 0 unspecified atom stereocenters. The number of benzene rings is 2. The van der Waals surface area contributed by atoms with Crippen molar-refractivity contribution in [1.29, 1.82) is 0 Å². The number of thiocarbonyl (C=S) groups is 1. The first-order valence-electron chi connectivity index (χ1n) is 10.7. The third kappa shape index (κ3) is 9.27. The van der Waals surface area contributed by atoms with Crippen molar-refractivity contribution >= 4 is 29.2 Å². The van der Waals surface area contributed by atoms with Crippen LogP contribution in [0, 0.1) is 0 Å². The summed E-state index contributed by atoms with van der Waals surface area (Å²) in [7, 11) is 1.65. The van der Waals surface area contributed by atoms with Gasteiger partial charge in [0.15, 0.2) is 16.6 Å². The number of para-hydroxylation sites is 1. The van der Waals surface area contributed by atoms with Gasteiger partial charge in [0.05, 0.1) is 19.9 Å². The molecular formula is C24H33N3O2S. The second kappa shape index (κ2) is 14.4. The molecule has 0 fully saturated rings. The minimum atomic E-state index is 0.430. The maximum atomic E-state index is 5.90. The lowest BCUT2D eigenvalue weighted by Gasteiger charge is -2.11. The Kier molecular flexibility index (Phi) is 11.4. The number of nitrogens with zero attached hydrogens (tertiary/aromatic N) is 1. The monoisotopic (exact) mass is 427 g/mol. The molecule has 2 N–H and O–H groups in total. The largest absolute Gasteiger partial charge is 0.493 e. The summed E-state index contributed by atoms with van der Waals surface area (Å²) >= 11 is 5.24. The van der Waals surface area contributed by atoms with E-state index >= 15 is 0 Å². The minimum Gasteiger partial charge on any atom is -0.493 e. The first kappa shape index (κ1) is 23.7. The highest BCUT2D eigenvalue weighted by atomic mass is 32.1. The molecule has 0 aromatic heterocycles. The first-order chi connectivity index (χ1) is 14.7. The SMILES string of the molecule is CCCCCCCCCOc1ccc(/C=N/NC(=S)Nc2ccccc2)cc1OC. The van der Waals surface area contributed by atoms with Crippen molar-refractivity contribution in [2.45, 2.75) is 51.9 Å². The Bertz CT molecular complexity index is 781. The molecule has 0 saturated heterocycles. The van der Waals surface area contributed by atoms with Crippen LogP contribution < -0.4 is 20.2 Å². The molecule has 0 amide bonds. The number of nitrogens with one attached hydrogen (secondary N) is 2. The van der Waals surface area contributed by atoms with E-state index in [1.165, 1.54) is 38.5 Å². The number of hydrazone groups is 1. The van der Waals surface area contributed by atoms with Crippen LogP contribution in [-0.4, -0.2) is 25.0 Å². The van der Waals surface area contributed by atoms with Gasteiger partial charge in [0.25, 0.3) is 0 Å². The molecule has 0 bridgehead atoms. The van der Waals surface area contributed by atoms with Crippen LogP contribution in [0.4, 0.5) is 5.69 Å². The highest BCUT2D eigenvalue weighted by Crippen LogP contribution is 2.27. The molecule has 2 aromatic carbocycles. The summed E-state index contributed by atoms with van der Waals surface area (Å²) in [5, 5.41) is 7.68. The smallest absolute Gasteiger partial charge is 0.191 e. The van der Waals surface area contributed by atoms with Gasteiger partial charge in [0.1, 0.15) is 0 Å². The van der Waals surface area contributed by atoms with Crippen molar-refractivity contribution in [3.63, 3.8) is 0 Å². The van der Waals surface area contributed by atoms with Crippen molar-refractivity contribution < 1.29 is 9.47 Å². The van der Waals surface area contributed by atoms with Crippen LogP contribution in [0.25, 0.3) is 0 Å². The van der Waals surface area contributed by atoms with Gasteiger partial charge >= 0.3 is 0 Å². The Morgan fingerprint density at radius 3 is 2.43 bits per heavy atom. The molecule has 6 heteroatoms. The number of unbranched alkanes of at least 4 members (excludes halogenated alkanes) is 6. The van der Waals surface area contributed by atoms with E-state index < -0.39 is 0 Å². The van der Waals surface area contributed by atoms with Crippen LogP contribution in [0.2, 0.25) is 0 Å². The number of ether oxygens (including phenoxy) is 2. The zero-order valence-corrected chi connectivity index (χ0v) is 18.8. The van der Waals surface area contributed by atoms with E-state index in [0.717, 1.165) is 23.4 Å². The maximum absolute atomic E-state index is 5.90. The fourth-order valence-corrected chi connectivity index (χ4v) is 3.14. The number of anilines is 1. The summed E-state index contributed by atoms with van der Waals surface area (Å²) in [5.74, 6) is 1.46. The molecule has 0 atom stereocenters. The molecule has 162 valence electrons. The highest BCUT2D eigenvalue weighted by molar-refractivity contribution is 7.80. The Balaban J connectivity index is 1.74. The van der Waals surface area contributed by atoms with Gasteiger partial charge in [0, 0.05) is 5.69 Å². The van der Waals surface area contributed by atoms with Gasteiger partial charge in [-0.1, -0.05) is 63.6 Å². The van der Waals surface area contributed by atoms with Crippen molar-refractivity contribution in [3.05, 3.63) is 54.1 Å². The molecule has 30 heavy (non-hydrogen) atoms. The summed E-state index contributed by atoms with van der Waals surface area (Å²) < 4.78 is 11.4. The molecule has 0 spiro atoms. The number of hydrogen-bond acceptors (Lipinski definition) is 4. The maximum Gasteiger partial charge on any atom is 0.191 e. The Labute approximate surface area is 185 Å². The number of rotatable bonds is 13. The quantitative estimate of drug-likeness (QED) is 0.174. The number of methoxy groups -OCH3 is 1. The van der Waals surface area contributed by atoms with Crippen LogP contribution >= 0.6 is 12.2 Å². The normalized spacial score (nSPS) is 10.7. The van der Waals surface area contributed by atoms with E-state index in [4.69, 9.17) is 21.7 Å². The second-order valence-electron chi connectivity index (χ2n) is 7.07. The van der Waals surface area contributed by atoms with E-state index in [2.05, 4.69) is 22.8 Å². The van der Waals surface area contributed by atoms with Gasteiger partial charge in [-0.15, -0.1) is 0 Å². The van der Waals surface area contributed by atoms with Crippen LogP contribution in [0.15, 0.2) is 53.6 Å². The van der Waals surface area contributed by atoms with Gasteiger partial charge in [0.2, 0.25) is 0 Å². The Hall–Kier alpha value is -2.60. The van der Waals surface area contributed by atoms with E-state index in [9.17, 15) is 0 Å². The predicted octanol–water partition coefficient (Wildman–Crippen LogP) is 6.15. The standard InChI is InChI=1S/C24H33N3O2S/c1-3-4-5-6-7-8-12-17-29-22-16-15-20(18-23(22)28-2)19-25-27-24(30)26-21-13-10-9-11-14-21/h9-11,13-16,18-19H,3-8,12,17H2,1-2H3,(H2,26,27,30)/b25-19+. The Morgan fingerprint density at radius 2 is 1.70 bits per heavy atom. The van der Waals surface area contributed by atoms with Gasteiger partial charge in [-0.2, -0.15) is 5.10 Å². The third-order valence-corrected chi connectivity index (χ3v) is 4.80. The first-order valence-corrected chi connectivity index (χ1v) is 11.1. The van der Waals surface area contributed by atoms with Gasteiger partial charge in [-0.05, 0) is 54.5 Å². The molecular weight excluding hydrogens is 394 g/mol. The lowest BCUT2D eigenvalue weighted by atomic mass is 10.1. The second-order valence-corrected chi connectivity index (χ2v) is 7.48. The lowest BCUT2D eigenvalue weighted by Crippen LogP contribution is -2.23. The fraction of sp³-hybridized carbons (Fsp3) is 0.417. The predicted molar refractivity (Wildman–Crippen MR) is 130 cm³/mol. The van der Waals surface area contributed by atoms with Crippen molar-refractivity contribution in [2.75, 3.05) is 19.0 Å². The minimum absolute atomic E-state index is 0.430. The van der Waals surface area contributed by atoms with Crippen LogP contribution in [0.5, 0.6) is 11.5 Å². The molecule has 0 aliphatic carbocycles. The zero-order chi connectivity index (χ0) is 21.4. The van der Waals surface area contributed by atoms with Crippen molar-refractivity contribution in [3.8, 4) is 11.5 Å². The average molecular weight is 428 g/mol. The zero-order valence-electron chi connectivity index (χ0n) is 18.0. The van der Waals surface area contributed by atoms with Crippen LogP contribution in [-0.2, 0) is 0 Å². The highest BCUT2D eigenvalue weighted by Gasteiger charge is 2.05. The molecule has 2 aromatic rings. The molecule has 0 radical (unpaired) electrons. The third-order valence-electron chi connectivity index (χ3n) is 4.60. The van der Waals surface area contributed by atoms with Crippen LogP contribution in [0.1, 0.15) is 57.4 Å². The van der Waals surface area contributed by atoms with Gasteiger partial charge in [-0.3, -0.25) is 5.43 Å². The molecule has 0 aliphatic heterocycles. The summed E-state index contributed by atoms with van der Waals surface area (Å²) in [5.41, 5.74) is 4.62. The van der Waals surface area contributed by atoms with E-state index in [1.807, 2.05) is 48.5 Å². The Morgan fingerprint density at radius 1 is 0.967 bits per heavy atom. The van der Waals surface area contributed by atoms with Crippen molar-refractivity contribution in [2.24, 2.45) is 5.10 Å². The summed E-state index contributed by atoms with van der Waals surface area (Å²) in [6, 6.07) is 15.5. The summed E-state index contributed by atoms with van der Waals surface area (Å²) in [4.78, 5) is 0. The summed E-state index contributed by atoms with van der Waals surface area (Å²) in [6.45, 7) is 2.95. The molecule has 5 nitrogen and oxygen atoms in total. The van der Waals surface area contributed by atoms with E-state index in [-0.39, 0.29) is 0 Å². The van der Waals surface area contributed by atoms with Gasteiger partial charge in [-0.25, -0.2) is 0 Å². The molecule has 0 aliphatic rings. The average Bonchev–Trinajstić information content (AvgIpc) is 2.77. The topological polar surface area (TPSA) is 54.9 Å². The van der Waals surface area contributed by atoms with Crippen LogP contribution in [0.3, 0.4) is 0 Å². The molecule has 2 rings (SSSR count). The fourth-order valence-electron chi connectivity index (χ4n) is 2.97. The molecule has 0 saturated carbocycles. The summed E-state index contributed by atoms with van der Waals surface area (Å²) in [6.07, 6.45) is 10.5. The number of hydrogen-bond donors (Lipinski definition) is 2. The lowest BCUT2D eigenvalue weighted by molar-refractivity contribution is 0.284. The molecule has 0 heterocycles. The van der Waals surface area contributed by atoms with E-state index in [0.29, 0.717) is 17.5 Å². The van der Waals surface area contributed by atoms with Gasteiger partial charge < -0.3 is 14.8 Å².